The summed E-state index contributed by atoms with van der Waals surface area (Å²) in [5.74, 6) is 1.72. The lowest BCUT2D eigenvalue weighted by Gasteiger charge is -2.10. The van der Waals surface area contributed by atoms with Crippen LogP contribution in [0.2, 0.25) is 0 Å². The van der Waals surface area contributed by atoms with E-state index >= 15 is 0 Å². The number of H-pyrrole nitrogens is 1. The first-order chi connectivity index (χ1) is 16.1. The van der Waals surface area contributed by atoms with E-state index < -0.39 is 5.56 Å². The number of hydrogen-bond acceptors (Lipinski definition) is 6. The van der Waals surface area contributed by atoms with E-state index in [0.29, 0.717) is 29.4 Å². The number of hydrogen-bond donors (Lipinski definition) is 2. The molecule has 0 saturated heterocycles. The maximum Gasteiger partial charge on any atom is 0.270 e. The number of aromatic nitrogens is 2. The molecule has 0 fully saturated rings. The van der Waals surface area contributed by atoms with Gasteiger partial charge in [-0.05, 0) is 66.2 Å². The minimum Gasteiger partial charge on any atom is -0.497 e. The van der Waals surface area contributed by atoms with Crippen LogP contribution in [0.25, 0.3) is 11.3 Å². The molecule has 164 valence electrons. The van der Waals surface area contributed by atoms with Crippen LogP contribution in [0.15, 0.2) is 77.6 Å². The molecule has 0 atom stereocenters. The molecule has 0 aliphatic heterocycles. The summed E-state index contributed by atoms with van der Waals surface area (Å²) in [5, 5.41) is 12.5. The molecule has 0 radical (unpaired) electrons. The fourth-order valence-electron chi connectivity index (χ4n) is 3.12. The number of benzene rings is 3. The zero-order chi connectivity index (χ0) is 23.2. The van der Waals surface area contributed by atoms with Crippen LogP contribution in [0, 0.1) is 17.1 Å². The van der Waals surface area contributed by atoms with E-state index in [-0.39, 0.29) is 23.0 Å². The molecule has 0 unspecified atom stereocenters. The highest BCUT2D eigenvalue weighted by atomic mass is 19.1. The van der Waals surface area contributed by atoms with Crippen LogP contribution in [0.4, 0.5) is 10.3 Å². The second kappa shape index (κ2) is 9.66. The molecule has 0 saturated carbocycles. The highest BCUT2D eigenvalue weighted by Gasteiger charge is 2.13. The monoisotopic (exact) mass is 442 g/mol. The Morgan fingerprint density at radius 1 is 0.970 bits per heavy atom. The van der Waals surface area contributed by atoms with Gasteiger partial charge in [-0.1, -0.05) is 12.1 Å². The maximum atomic E-state index is 13.0. The number of rotatable bonds is 7. The molecule has 4 aromatic rings. The first kappa shape index (κ1) is 21.6. The van der Waals surface area contributed by atoms with Crippen molar-refractivity contribution in [2.75, 3.05) is 12.4 Å². The van der Waals surface area contributed by atoms with Gasteiger partial charge in [-0.25, -0.2) is 9.37 Å². The van der Waals surface area contributed by atoms with Crippen LogP contribution in [-0.4, -0.2) is 17.1 Å². The molecule has 1 aromatic heterocycles. The molecule has 4 rings (SSSR count). The molecule has 0 bridgehead atoms. The number of nitrogens with one attached hydrogen (secondary N) is 2. The zero-order valence-electron chi connectivity index (χ0n) is 17.6. The van der Waals surface area contributed by atoms with Crippen LogP contribution < -0.4 is 20.3 Å². The molecular weight excluding hydrogens is 423 g/mol. The topological polar surface area (TPSA) is 100 Å². The van der Waals surface area contributed by atoms with E-state index in [2.05, 4.69) is 15.3 Å². The van der Waals surface area contributed by atoms with Crippen molar-refractivity contribution in [2.24, 2.45) is 0 Å². The highest BCUT2D eigenvalue weighted by Crippen LogP contribution is 2.24. The molecule has 33 heavy (non-hydrogen) atoms. The van der Waals surface area contributed by atoms with Crippen LogP contribution in [-0.2, 0) is 6.54 Å². The predicted molar refractivity (Wildman–Crippen MR) is 122 cm³/mol. The Kier molecular flexibility index (Phi) is 6.32. The maximum absolute atomic E-state index is 13.0. The van der Waals surface area contributed by atoms with Gasteiger partial charge in [-0.15, -0.1) is 0 Å². The quantitative estimate of drug-likeness (QED) is 0.424. The summed E-state index contributed by atoms with van der Waals surface area (Å²) in [6.07, 6.45) is 0. The van der Waals surface area contributed by atoms with Crippen molar-refractivity contribution in [3.05, 3.63) is 100 Å². The highest BCUT2D eigenvalue weighted by molar-refractivity contribution is 5.67. The van der Waals surface area contributed by atoms with E-state index in [1.807, 2.05) is 18.2 Å². The zero-order valence-corrected chi connectivity index (χ0v) is 17.6. The van der Waals surface area contributed by atoms with Gasteiger partial charge in [0.15, 0.2) is 0 Å². The fraction of sp³-hybridized carbons (Fsp3) is 0.0800. The minimum atomic E-state index is -0.524. The molecular formula is C25H19FN4O3. The van der Waals surface area contributed by atoms with Crippen molar-refractivity contribution in [1.82, 2.24) is 9.97 Å². The Bertz CT molecular complexity index is 1340. The van der Waals surface area contributed by atoms with E-state index in [0.717, 1.165) is 5.56 Å². The summed E-state index contributed by atoms with van der Waals surface area (Å²) < 4.78 is 23.9. The summed E-state index contributed by atoms with van der Waals surface area (Å²) in [5.41, 5.74) is 1.24. The third-order valence-corrected chi connectivity index (χ3v) is 4.83. The van der Waals surface area contributed by atoms with Gasteiger partial charge in [0.2, 0.25) is 5.95 Å². The van der Waals surface area contributed by atoms with Gasteiger partial charge in [0.1, 0.15) is 34.7 Å². The summed E-state index contributed by atoms with van der Waals surface area (Å²) in [6.45, 7) is 0.383. The fourth-order valence-corrected chi connectivity index (χ4v) is 3.12. The Hall–Kier alpha value is -4.64. The lowest BCUT2D eigenvalue weighted by atomic mass is 10.1. The Morgan fingerprint density at radius 2 is 1.58 bits per heavy atom. The van der Waals surface area contributed by atoms with Crippen molar-refractivity contribution in [3.63, 3.8) is 0 Å². The summed E-state index contributed by atoms with van der Waals surface area (Å²) in [4.78, 5) is 19.5. The summed E-state index contributed by atoms with van der Waals surface area (Å²) in [6, 6.07) is 21.9. The average Bonchev–Trinajstić information content (AvgIpc) is 2.85. The standard InChI is InChI=1S/C25H19FN4O3/c1-32-19-10-4-17(5-11-19)23-22(14-27)24(31)30-25(29-23)28-15-16-2-8-20(9-3-16)33-21-12-6-18(26)7-13-21/h2-13H,15H2,1H3,(H2,28,29,30,31). The number of nitrogens with zero attached hydrogens (tertiary/aromatic N) is 2. The molecule has 2 N–H and O–H groups in total. The molecule has 7 nitrogen and oxygen atoms in total. The van der Waals surface area contributed by atoms with Crippen molar-refractivity contribution in [1.29, 1.82) is 5.26 Å². The first-order valence-electron chi connectivity index (χ1n) is 10.0. The molecule has 0 amide bonds. The molecule has 1 heterocycles. The molecule has 0 aliphatic carbocycles. The van der Waals surface area contributed by atoms with Gasteiger partial charge >= 0.3 is 0 Å². The third kappa shape index (κ3) is 5.17. The largest absolute Gasteiger partial charge is 0.497 e. The predicted octanol–water partition coefficient (Wildman–Crippen LogP) is 4.86. The normalized spacial score (nSPS) is 10.3. The van der Waals surface area contributed by atoms with Crippen LogP contribution in [0.1, 0.15) is 11.1 Å². The van der Waals surface area contributed by atoms with Crippen LogP contribution in [0.5, 0.6) is 17.2 Å². The van der Waals surface area contributed by atoms with Gasteiger partial charge in [0.25, 0.3) is 5.56 Å². The smallest absolute Gasteiger partial charge is 0.270 e. The number of methoxy groups -OCH3 is 1. The van der Waals surface area contributed by atoms with E-state index in [4.69, 9.17) is 9.47 Å². The van der Waals surface area contributed by atoms with Crippen molar-refractivity contribution >= 4 is 5.95 Å². The van der Waals surface area contributed by atoms with Crippen LogP contribution >= 0.6 is 0 Å². The van der Waals surface area contributed by atoms with Gasteiger partial charge in [-0.2, -0.15) is 5.26 Å². The Morgan fingerprint density at radius 3 is 2.18 bits per heavy atom. The van der Waals surface area contributed by atoms with Gasteiger partial charge in [0, 0.05) is 12.1 Å². The molecule has 0 aliphatic rings. The molecule has 0 spiro atoms. The van der Waals surface area contributed by atoms with Crippen molar-refractivity contribution in [2.45, 2.75) is 6.54 Å². The van der Waals surface area contributed by atoms with E-state index in [1.165, 1.54) is 12.1 Å². The Balaban J connectivity index is 1.48. The lowest BCUT2D eigenvalue weighted by molar-refractivity contribution is 0.415. The molecule has 3 aromatic carbocycles. The van der Waals surface area contributed by atoms with Gasteiger partial charge in [-0.3, -0.25) is 9.78 Å². The Labute approximate surface area is 189 Å². The number of ether oxygens (including phenoxy) is 2. The van der Waals surface area contributed by atoms with Gasteiger partial charge in [0.05, 0.1) is 12.8 Å². The van der Waals surface area contributed by atoms with Crippen molar-refractivity contribution < 1.29 is 13.9 Å². The first-order valence-corrected chi connectivity index (χ1v) is 10.0. The number of halogens is 1. The van der Waals surface area contributed by atoms with Crippen molar-refractivity contribution in [3.8, 4) is 34.6 Å². The number of anilines is 1. The second-order valence-corrected chi connectivity index (χ2v) is 7.03. The average molecular weight is 442 g/mol. The molecule has 8 heteroatoms. The van der Waals surface area contributed by atoms with Crippen LogP contribution in [0.3, 0.4) is 0 Å². The SMILES string of the molecule is COc1ccc(-c2nc(NCc3ccc(Oc4ccc(F)cc4)cc3)[nH]c(=O)c2C#N)cc1. The van der Waals surface area contributed by atoms with E-state index in [9.17, 15) is 14.4 Å². The number of aromatic amines is 1. The second-order valence-electron chi connectivity index (χ2n) is 7.03. The summed E-state index contributed by atoms with van der Waals surface area (Å²) in [7, 11) is 1.56. The summed E-state index contributed by atoms with van der Waals surface area (Å²) >= 11 is 0. The minimum absolute atomic E-state index is 0.0620. The number of nitriles is 1. The van der Waals surface area contributed by atoms with E-state index in [1.54, 1.807) is 55.6 Å². The third-order valence-electron chi connectivity index (χ3n) is 4.83. The lowest BCUT2D eigenvalue weighted by Crippen LogP contribution is -2.17. The van der Waals surface area contributed by atoms with Gasteiger partial charge < -0.3 is 14.8 Å².